The molecule has 0 bridgehead atoms. The van der Waals surface area contributed by atoms with Crippen molar-refractivity contribution in [3.63, 3.8) is 0 Å². The van der Waals surface area contributed by atoms with Crippen LogP contribution < -0.4 is 16.8 Å². The number of nitrogen functional groups attached to an aromatic ring is 1. The van der Waals surface area contributed by atoms with E-state index in [9.17, 15) is 9.59 Å². The number of hydrogen-bond acceptors (Lipinski definition) is 4. The number of nitrogens with two attached hydrogens (primary N) is 2. The summed E-state index contributed by atoms with van der Waals surface area (Å²) in [5, 5.41) is 2.64. The first-order chi connectivity index (χ1) is 9.49. The van der Waals surface area contributed by atoms with E-state index < -0.39 is 11.8 Å². The number of anilines is 2. The fraction of sp³-hybridized carbons (Fsp3) is 0.0714. The molecule has 0 aliphatic heterocycles. The second kappa shape index (κ2) is 5.40. The lowest BCUT2D eigenvalue weighted by atomic mass is 10.1. The topological polar surface area (TPSA) is 111 Å². The van der Waals surface area contributed by atoms with Gasteiger partial charge in [0, 0.05) is 0 Å². The highest BCUT2D eigenvalue weighted by atomic mass is 16.2. The third kappa shape index (κ3) is 2.74. The lowest BCUT2D eigenvalue weighted by Crippen LogP contribution is -2.19. The quantitative estimate of drug-likeness (QED) is 0.781. The number of hydrogen-bond donors (Lipinski definition) is 3. The van der Waals surface area contributed by atoms with Crippen molar-refractivity contribution < 1.29 is 9.59 Å². The van der Waals surface area contributed by atoms with Crippen LogP contribution in [0, 0.1) is 6.92 Å². The second-order valence-corrected chi connectivity index (χ2v) is 4.27. The van der Waals surface area contributed by atoms with Crippen LogP contribution in [0.2, 0.25) is 0 Å². The van der Waals surface area contributed by atoms with E-state index in [1.54, 1.807) is 31.2 Å². The Balaban J connectivity index is 2.33. The molecule has 0 spiro atoms. The van der Waals surface area contributed by atoms with Crippen LogP contribution in [-0.2, 0) is 0 Å². The molecular weight excluding hydrogens is 256 g/mol. The van der Waals surface area contributed by atoms with Crippen LogP contribution in [-0.4, -0.2) is 16.8 Å². The number of nitrogens with one attached hydrogen (secondary N) is 1. The van der Waals surface area contributed by atoms with Crippen LogP contribution in [0.3, 0.4) is 0 Å². The Morgan fingerprint density at radius 3 is 2.60 bits per heavy atom. The smallest absolute Gasteiger partial charge is 0.257 e. The molecule has 0 radical (unpaired) electrons. The monoisotopic (exact) mass is 270 g/mol. The summed E-state index contributed by atoms with van der Waals surface area (Å²) in [7, 11) is 0. The summed E-state index contributed by atoms with van der Waals surface area (Å²) < 4.78 is 0. The van der Waals surface area contributed by atoms with Crippen LogP contribution in [0.5, 0.6) is 0 Å². The van der Waals surface area contributed by atoms with Gasteiger partial charge in [-0.3, -0.25) is 14.6 Å². The summed E-state index contributed by atoms with van der Waals surface area (Å²) in [6.45, 7) is 1.70. The van der Waals surface area contributed by atoms with Gasteiger partial charge in [-0.1, -0.05) is 12.1 Å². The maximum Gasteiger partial charge on any atom is 0.257 e. The molecule has 0 aliphatic rings. The van der Waals surface area contributed by atoms with Crippen LogP contribution in [0.15, 0.2) is 36.5 Å². The van der Waals surface area contributed by atoms with E-state index in [-0.39, 0.29) is 5.56 Å². The standard InChI is InChI=1S/C14H14N4O2/c1-8-11(6-9(15)7-17-8)14(20)18-12-5-3-2-4-10(12)13(16)19/h2-7H,15H2,1H3,(H2,16,19)(H,18,20). The predicted octanol–water partition coefficient (Wildman–Crippen LogP) is 1.32. The van der Waals surface area contributed by atoms with E-state index in [4.69, 9.17) is 11.5 Å². The molecule has 0 atom stereocenters. The molecule has 1 aromatic heterocycles. The zero-order valence-electron chi connectivity index (χ0n) is 10.9. The second-order valence-electron chi connectivity index (χ2n) is 4.27. The minimum Gasteiger partial charge on any atom is -0.397 e. The highest BCUT2D eigenvalue weighted by molar-refractivity contribution is 6.09. The molecule has 0 aliphatic carbocycles. The number of para-hydroxylation sites is 1. The molecule has 6 heteroatoms. The average Bonchev–Trinajstić information content (AvgIpc) is 2.41. The third-order valence-corrected chi connectivity index (χ3v) is 2.79. The van der Waals surface area contributed by atoms with Crippen LogP contribution >= 0.6 is 0 Å². The van der Waals surface area contributed by atoms with Crippen LogP contribution in [0.1, 0.15) is 26.4 Å². The molecule has 1 aromatic carbocycles. The molecule has 6 nitrogen and oxygen atoms in total. The van der Waals surface area contributed by atoms with Gasteiger partial charge in [0.25, 0.3) is 11.8 Å². The number of aryl methyl sites for hydroxylation is 1. The molecule has 1 heterocycles. The molecule has 2 aromatic rings. The number of rotatable bonds is 3. The van der Waals surface area contributed by atoms with Crippen molar-refractivity contribution in [3.05, 3.63) is 53.3 Å². The molecule has 0 unspecified atom stereocenters. The van der Waals surface area contributed by atoms with E-state index in [1.807, 2.05) is 0 Å². The first-order valence-electron chi connectivity index (χ1n) is 5.91. The molecule has 0 saturated heterocycles. The van der Waals surface area contributed by atoms with Gasteiger partial charge >= 0.3 is 0 Å². The number of carbonyl (C=O) groups excluding carboxylic acids is 2. The maximum absolute atomic E-state index is 12.2. The summed E-state index contributed by atoms with van der Waals surface area (Å²) in [6.07, 6.45) is 1.48. The van der Waals surface area contributed by atoms with Gasteiger partial charge in [0.2, 0.25) is 0 Å². The van der Waals surface area contributed by atoms with Crippen molar-refractivity contribution >= 4 is 23.2 Å². The van der Waals surface area contributed by atoms with Crippen molar-refractivity contribution in [1.29, 1.82) is 0 Å². The van der Waals surface area contributed by atoms with Gasteiger partial charge in [-0.05, 0) is 25.1 Å². The molecule has 2 amide bonds. The summed E-state index contributed by atoms with van der Waals surface area (Å²) in [5.74, 6) is -1.00. The van der Waals surface area contributed by atoms with E-state index in [0.29, 0.717) is 22.6 Å². The summed E-state index contributed by atoms with van der Waals surface area (Å²) in [6, 6.07) is 8.05. The normalized spacial score (nSPS) is 10.1. The molecule has 0 fully saturated rings. The first-order valence-corrected chi connectivity index (χ1v) is 5.91. The first kappa shape index (κ1) is 13.5. The Hall–Kier alpha value is -2.89. The predicted molar refractivity (Wildman–Crippen MR) is 76.3 cm³/mol. The number of carbonyl (C=O) groups is 2. The molecule has 5 N–H and O–H groups in total. The highest BCUT2D eigenvalue weighted by Gasteiger charge is 2.14. The van der Waals surface area contributed by atoms with Crippen molar-refractivity contribution in [3.8, 4) is 0 Å². The van der Waals surface area contributed by atoms with Gasteiger partial charge in [0.05, 0.1) is 34.4 Å². The summed E-state index contributed by atoms with van der Waals surface area (Å²) in [5.41, 5.74) is 12.8. The Labute approximate surface area is 115 Å². The Morgan fingerprint density at radius 1 is 1.20 bits per heavy atom. The highest BCUT2D eigenvalue weighted by Crippen LogP contribution is 2.17. The van der Waals surface area contributed by atoms with Gasteiger partial charge in [-0.25, -0.2) is 0 Å². The number of pyridine rings is 1. The molecule has 0 saturated carbocycles. The third-order valence-electron chi connectivity index (χ3n) is 2.79. The number of aromatic nitrogens is 1. The van der Waals surface area contributed by atoms with E-state index in [1.165, 1.54) is 12.3 Å². The number of amides is 2. The van der Waals surface area contributed by atoms with E-state index in [0.717, 1.165) is 0 Å². The Bertz CT molecular complexity index is 683. The number of benzene rings is 1. The van der Waals surface area contributed by atoms with Crippen LogP contribution in [0.4, 0.5) is 11.4 Å². The van der Waals surface area contributed by atoms with E-state index in [2.05, 4.69) is 10.3 Å². The molecule has 2 rings (SSSR count). The van der Waals surface area contributed by atoms with Gasteiger partial charge < -0.3 is 16.8 Å². The van der Waals surface area contributed by atoms with Gasteiger partial charge in [0.1, 0.15) is 0 Å². The minimum atomic E-state index is -0.608. The SMILES string of the molecule is Cc1ncc(N)cc1C(=O)Nc1ccccc1C(N)=O. The maximum atomic E-state index is 12.2. The zero-order valence-corrected chi connectivity index (χ0v) is 10.9. The molecular formula is C14H14N4O2. The van der Waals surface area contributed by atoms with Crippen molar-refractivity contribution in [2.45, 2.75) is 6.92 Å². The zero-order chi connectivity index (χ0) is 14.7. The number of nitrogens with zero attached hydrogens (tertiary/aromatic N) is 1. The van der Waals surface area contributed by atoms with Gasteiger partial charge in [0.15, 0.2) is 0 Å². The van der Waals surface area contributed by atoms with Gasteiger partial charge in [-0.15, -0.1) is 0 Å². The van der Waals surface area contributed by atoms with E-state index >= 15 is 0 Å². The fourth-order valence-electron chi connectivity index (χ4n) is 1.78. The molecule has 20 heavy (non-hydrogen) atoms. The van der Waals surface area contributed by atoms with Crippen LogP contribution in [0.25, 0.3) is 0 Å². The molecule has 102 valence electrons. The summed E-state index contributed by atoms with van der Waals surface area (Å²) in [4.78, 5) is 27.5. The van der Waals surface area contributed by atoms with Crippen molar-refractivity contribution in [1.82, 2.24) is 4.98 Å². The fourth-order valence-corrected chi connectivity index (χ4v) is 1.78. The average molecular weight is 270 g/mol. The van der Waals surface area contributed by atoms with Crippen molar-refractivity contribution in [2.75, 3.05) is 11.1 Å². The lowest BCUT2D eigenvalue weighted by Gasteiger charge is -2.10. The lowest BCUT2D eigenvalue weighted by molar-refractivity contribution is 0.100. The number of primary amides is 1. The summed E-state index contributed by atoms with van der Waals surface area (Å²) >= 11 is 0. The largest absolute Gasteiger partial charge is 0.397 e. The minimum absolute atomic E-state index is 0.246. The van der Waals surface area contributed by atoms with Gasteiger partial charge in [-0.2, -0.15) is 0 Å². The van der Waals surface area contributed by atoms with Crippen molar-refractivity contribution in [2.24, 2.45) is 5.73 Å². The Kier molecular flexibility index (Phi) is 3.65. The Morgan fingerprint density at radius 2 is 1.90 bits per heavy atom.